The first kappa shape index (κ1) is 25.3. The predicted molar refractivity (Wildman–Crippen MR) is 143 cm³/mol. The van der Waals surface area contributed by atoms with Crippen LogP contribution in [0.25, 0.3) is 6.08 Å². The van der Waals surface area contributed by atoms with Crippen molar-refractivity contribution in [2.75, 3.05) is 4.90 Å². The van der Waals surface area contributed by atoms with Crippen LogP contribution >= 0.6 is 50.1 Å². The Hall–Kier alpha value is -2.76. The van der Waals surface area contributed by atoms with Crippen molar-refractivity contribution in [1.29, 1.82) is 0 Å². The average Bonchev–Trinajstić information content (AvgIpc) is 2.79. The van der Waals surface area contributed by atoms with E-state index in [2.05, 4.69) is 43.8 Å². The Morgan fingerprint density at radius 2 is 1.83 bits per heavy atom. The quantitative estimate of drug-likeness (QED) is 0.194. The summed E-state index contributed by atoms with van der Waals surface area (Å²) in [6.45, 7) is 2.03. The summed E-state index contributed by atoms with van der Waals surface area (Å²) in [5, 5.41) is 2.59. The number of hydrogen-bond acceptors (Lipinski definition) is 4. The van der Waals surface area contributed by atoms with Gasteiger partial charge in [0.15, 0.2) is 0 Å². The van der Waals surface area contributed by atoms with E-state index < -0.39 is 17.8 Å². The number of carbonyl (C=O) groups excluding carboxylic acids is 3. The lowest BCUT2D eigenvalue weighted by atomic mass is 10.1. The SMILES string of the molecule is Cc1ccc(N2C(=O)NC(=O)/C(=C/c3cc(Br)c(OCc4ccc(F)cc4)c(I)c3)C2=O)cc1Cl. The molecule has 0 unspecified atom stereocenters. The van der Waals surface area contributed by atoms with E-state index in [-0.39, 0.29) is 23.7 Å². The summed E-state index contributed by atoms with van der Waals surface area (Å²) in [5.41, 5.74) is 2.18. The van der Waals surface area contributed by atoms with Crippen LogP contribution in [-0.4, -0.2) is 17.8 Å². The lowest BCUT2D eigenvalue weighted by Gasteiger charge is -2.26. The van der Waals surface area contributed by atoms with Crippen LogP contribution < -0.4 is 15.0 Å². The summed E-state index contributed by atoms with van der Waals surface area (Å²) in [6.07, 6.45) is 1.41. The zero-order chi connectivity index (χ0) is 25.3. The number of hydrogen-bond donors (Lipinski definition) is 1. The fraction of sp³-hybridized carbons (Fsp3) is 0.0800. The molecule has 0 aromatic heterocycles. The maximum Gasteiger partial charge on any atom is 0.335 e. The zero-order valence-electron chi connectivity index (χ0n) is 18.1. The van der Waals surface area contributed by atoms with Crippen LogP contribution in [0, 0.1) is 16.3 Å². The Morgan fingerprint density at radius 1 is 1.11 bits per heavy atom. The monoisotopic (exact) mass is 668 g/mol. The summed E-state index contributed by atoms with van der Waals surface area (Å²) < 4.78 is 20.3. The van der Waals surface area contributed by atoms with Crippen molar-refractivity contribution in [2.45, 2.75) is 13.5 Å². The summed E-state index contributed by atoms with van der Waals surface area (Å²) in [7, 11) is 0. The minimum atomic E-state index is -0.850. The molecule has 10 heteroatoms. The van der Waals surface area contributed by atoms with Gasteiger partial charge in [0.05, 0.1) is 13.7 Å². The van der Waals surface area contributed by atoms with Crippen molar-refractivity contribution >= 4 is 79.7 Å². The van der Waals surface area contributed by atoms with Crippen LogP contribution in [0.2, 0.25) is 5.02 Å². The number of ether oxygens (including phenoxy) is 1. The Morgan fingerprint density at radius 3 is 2.49 bits per heavy atom. The molecule has 0 spiro atoms. The van der Waals surface area contributed by atoms with Gasteiger partial charge in [-0.05, 0) is 105 Å². The van der Waals surface area contributed by atoms with Crippen molar-refractivity contribution < 1.29 is 23.5 Å². The largest absolute Gasteiger partial charge is 0.487 e. The first-order chi connectivity index (χ1) is 16.6. The Kier molecular flexibility index (Phi) is 7.58. The third kappa shape index (κ3) is 5.57. The molecule has 0 saturated carbocycles. The van der Waals surface area contributed by atoms with Crippen molar-refractivity contribution in [1.82, 2.24) is 5.32 Å². The number of urea groups is 1. The molecule has 178 valence electrons. The number of carbonyl (C=O) groups is 3. The predicted octanol–water partition coefficient (Wildman–Crippen LogP) is 6.40. The molecule has 0 aliphatic carbocycles. The number of imide groups is 2. The smallest absolute Gasteiger partial charge is 0.335 e. The van der Waals surface area contributed by atoms with Crippen LogP contribution in [0.5, 0.6) is 5.75 Å². The molecule has 3 aromatic rings. The molecule has 1 aliphatic heterocycles. The fourth-order valence-electron chi connectivity index (χ4n) is 3.32. The number of anilines is 1. The molecule has 4 amide bonds. The molecule has 1 heterocycles. The second kappa shape index (κ2) is 10.5. The normalized spacial score (nSPS) is 14.9. The molecule has 1 fully saturated rings. The number of barbiturate groups is 1. The van der Waals surface area contributed by atoms with Gasteiger partial charge in [0, 0.05) is 5.02 Å². The summed E-state index contributed by atoms with van der Waals surface area (Å²) in [4.78, 5) is 38.9. The van der Waals surface area contributed by atoms with Gasteiger partial charge in [-0.15, -0.1) is 0 Å². The zero-order valence-corrected chi connectivity index (χ0v) is 22.6. The number of aryl methyl sites for hydroxylation is 1. The van der Waals surface area contributed by atoms with Gasteiger partial charge in [0.1, 0.15) is 23.7 Å². The molecule has 1 aliphatic rings. The van der Waals surface area contributed by atoms with Crippen molar-refractivity contribution in [3.63, 3.8) is 0 Å². The van der Waals surface area contributed by atoms with Gasteiger partial charge in [0.2, 0.25) is 0 Å². The number of benzene rings is 3. The van der Waals surface area contributed by atoms with Gasteiger partial charge in [-0.3, -0.25) is 14.9 Å². The molecule has 0 atom stereocenters. The van der Waals surface area contributed by atoms with Gasteiger partial charge in [-0.25, -0.2) is 14.1 Å². The fourth-order valence-corrected chi connectivity index (χ4v) is 5.26. The number of nitrogens with one attached hydrogen (secondary N) is 1. The Labute approximate surface area is 227 Å². The lowest BCUT2D eigenvalue weighted by molar-refractivity contribution is -0.122. The van der Waals surface area contributed by atoms with E-state index in [4.69, 9.17) is 16.3 Å². The summed E-state index contributed by atoms with van der Waals surface area (Å²) >= 11 is 11.7. The summed E-state index contributed by atoms with van der Waals surface area (Å²) in [5.74, 6) is -1.32. The highest BCUT2D eigenvalue weighted by atomic mass is 127. The Balaban J connectivity index is 1.61. The van der Waals surface area contributed by atoms with Crippen molar-refractivity contribution in [3.05, 3.63) is 95.7 Å². The molecule has 1 N–H and O–H groups in total. The highest BCUT2D eigenvalue weighted by molar-refractivity contribution is 14.1. The molecule has 6 nitrogen and oxygen atoms in total. The molecule has 35 heavy (non-hydrogen) atoms. The van der Waals surface area contributed by atoms with E-state index in [1.165, 1.54) is 24.3 Å². The van der Waals surface area contributed by atoms with Gasteiger partial charge >= 0.3 is 6.03 Å². The highest BCUT2D eigenvalue weighted by Gasteiger charge is 2.37. The van der Waals surface area contributed by atoms with E-state index in [9.17, 15) is 18.8 Å². The topological polar surface area (TPSA) is 75.7 Å². The minimum Gasteiger partial charge on any atom is -0.487 e. The molecule has 3 aromatic carbocycles. The van der Waals surface area contributed by atoms with Gasteiger partial charge in [-0.1, -0.05) is 29.8 Å². The molecule has 0 bridgehead atoms. The summed E-state index contributed by atoms with van der Waals surface area (Å²) in [6, 6.07) is 13.3. The second-order valence-corrected chi connectivity index (χ2v) is 10.0. The molecule has 0 radical (unpaired) electrons. The Bertz CT molecular complexity index is 1370. The van der Waals surface area contributed by atoms with Crippen molar-refractivity contribution in [3.8, 4) is 5.75 Å². The average molecular weight is 670 g/mol. The standard InChI is InChI=1S/C25H16BrClFIN2O4/c1-13-2-7-17(11-20(13)27)31-24(33)18(23(32)30-25(31)34)8-15-9-19(26)22(21(29)10-15)35-12-14-3-5-16(28)6-4-14/h2-11H,12H2,1H3,(H,30,32,34)/b18-8-. The third-order valence-corrected chi connectivity index (χ3v) is 6.94. The van der Waals surface area contributed by atoms with Crippen LogP contribution in [0.15, 0.2) is 64.6 Å². The van der Waals surface area contributed by atoms with E-state index >= 15 is 0 Å². The molecular formula is C25H16BrClFIN2O4. The number of nitrogens with zero attached hydrogens (tertiary/aromatic N) is 1. The van der Waals surface area contributed by atoms with Gasteiger partial charge in [-0.2, -0.15) is 0 Å². The number of rotatable bonds is 5. The second-order valence-electron chi connectivity index (χ2n) is 7.62. The minimum absolute atomic E-state index is 0.205. The molecule has 1 saturated heterocycles. The number of amides is 4. The van der Waals surface area contributed by atoms with E-state index in [1.54, 1.807) is 43.3 Å². The van der Waals surface area contributed by atoms with Crippen LogP contribution in [-0.2, 0) is 16.2 Å². The van der Waals surface area contributed by atoms with Crippen LogP contribution in [0.1, 0.15) is 16.7 Å². The third-order valence-electron chi connectivity index (χ3n) is 5.14. The van der Waals surface area contributed by atoms with Crippen LogP contribution in [0.4, 0.5) is 14.9 Å². The van der Waals surface area contributed by atoms with Gasteiger partial charge < -0.3 is 4.74 Å². The maximum atomic E-state index is 13.1. The van der Waals surface area contributed by atoms with Gasteiger partial charge in [0.25, 0.3) is 11.8 Å². The molecular weight excluding hydrogens is 654 g/mol. The van der Waals surface area contributed by atoms with E-state index in [0.717, 1.165) is 16.0 Å². The highest BCUT2D eigenvalue weighted by Crippen LogP contribution is 2.34. The van der Waals surface area contributed by atoms with E-state index in [1.807, 2.05) is 0 Å². The molecule has 4 rings (SSSR count). The first-order valence-electron chi connectivity index (χ1n) is 10.2. The number of halogens is 4. The first-order valence-corrected chi connectivity index (χ1v) is 12.4. The lowest BCUT2D eigenvalue weighted by Crippen LogP contribution is -2.54. The van der Waals surface area contributed by atoms with Crippen LogP contribution in [0.3, 0.4) is 0 Å². The van der Waals surface area contributed by atoms with Crippen molar-refractivity contribution in [2.24, 2.45) is 0 Å². The van der Waals surface area contributed by atoms with E-state index in [0.29, 0.717) is 24.4 Å². The maximum absolute atomic E-state index is 13.1.